The number of hydrogen-bond donors (Lipinski definition) is 3. The summed E-state index contributed by atoms with van der Waals surface area (Å²) >= 11 is 0. The summed E-state index contributed by atoms with van der Waals surface area (Å²) in [6.45, 7) is 2.52. The van der Waals surface area contributed by atoms with Gasteiger partial charge in [0.15, 0.2) is 0 Å². The molecule has 0 spiro atoms. The number of aliphatic carboxylic acids is 1. The van der Waals surface area contributed by atoms with Crippen molar-refractivity contribution in [1.29, 1.82) is 0 Å². The minimum absolute atomic E-state index is 0.243. The number of benzene rings is 1. The molecule has 1 saturated carbocycles. The van der Waals surface area contributed by atoms with Gasteiger partial charge in [-0.25, -0.2) is 4.79 Å². The smallest absolute Gasteiger partial charge is 0.329 e. The van der Waals surface area contributed by atoms with Gasteiger partial charge in [0.1, 0.15) is 5.54 Å². The van der Waals surface area contributed by atoms with E-state index in [0.29, 0.717) is 24.9 Å². The highest BCUT2D eigenvalue weighted by molar-refractivity contribution is 6.01. The Bertz CT molecular complexity index is 594. The molecule has 6 nitrogen and oxygen atoms in total. The standard InChI is InChI=1S/C16H20N2O4/c1-2-9-17-13(19)11-5-3-6-12(10-11)14(20)18-16(15(21)22)7-4-8-16/h3,5-6,10H,2,4,7-9H2,1H3,(H,17,19)(H,18,20)(H,21,22). The Labute approximate surface area is 128 Å². The normalized spacial score (nSPS) is 15.5. The van der Waals surface area contributed by atoms with E-state index in [1.807, 2.05) is 6.92 Å². The highest BCUT2D eigenvalue weighted by Gasteiger charge is 2.45. The molecule has 0 atom stereocenters. The van der Waals surface area contributed by atoms with Gasteiger partial charge >= 0.3 is 5.97 Å². The predicted octanol–water partition coefficient (Wildman–Crippen LogP) is 1.56. The molecule has 0 bridgehead atoms. The van der Waals surface area contributed by atoms with E-state index >= 15 is 0 Å². The Morgan fingerprint density at radius 2 is 1.82 bits per heavy atom. The summed E-state index contributed by atoms with van der Waals surface area (Å²) in [5.41, 5.74) is -0.479. The zero-order valence-corrected chi connectivity index (χ0v) is 12.5. The Balaban J connectivity index is 2.10. The minimum atomic E-state index is -1.16. The van der Waals surface area contributed by atoms with E-state index in [4.69, 9.17) is 0 Å². The van der Waals surface area contributed by atoms with E-state index in [0.717, 1.165) is 12.8 Å². The van der Waals surface area contributed by atoms with Gasteiger partial charge in [0.2, 0.25) is 0 Å². The third-order valence-corrected chi connectivity index (χ3v) is 3.89. The quantitative estimate of drug-likeness (QED) is 0.743. The van der Waals surface area contributed by atoms with Crippen LogP contribution in [-0.2, 0) is 4.79 Å². The van der Waals surface area contributed by atoms with Crippen molar-refractivity contribution in [1.82, 2.24) is 10.6 Å². The van der Waals surface area contributed by atoms with Crippen LogP contribution in [0.2, 0.25) is 0 Å². The fourth-order valence-electron chi connectivity index (χ4n) is 2.35. The second-order valence-electron chi connectivity index (χ2n) is 5.53. The average molecular weight is 304 g/mol. The number of rotatable bonds is 6. The van der Waals surface area contributed by atoms with Crippen LogP contribution in [-0.4, -0.2) is 35.0 Å². The van der Waals surface area contributed by atoms with Crippen molar-refractivity contribution < 1.29 is 19.5 Å². The van der Waals surface area contributed by atoms with Crippen LogP contribution in [0.1, 0.15) is 53.3 Å². The lowest BCUT2D eigenvalue weighted by atomic mass is 9.76. The van der Waals surface area contributed by atoms with Gasteiger partial charge in [-0.15, -0.1) is 0 Å². The summed E-state index contributed by atoms with van der Waals surface area (Å²) in [6, 6.07) is 6.29. The summed E-state index contributed by atoms with van der Waals surface area (Å²) in [5, 5.41) is 14.6. The van der Waals surface area contributed by atoms with Gasteiger partial charge in [-0.05, 0) is 43.9 Å². The molecule has 0 unspecified atom stereocenters. The number of carboxylic acids is 1. The zero-order valence-electron chi connectivity index (χ0n) is 12.5. The Hall–Kier alpha value is -2.37. The molecule has 1 aliphatic rings. The summed E-state index contributed by atoms with van der Waals surface area (Å²) in [7, 11) is 0. The first-order valence-electron chi connectivity index (χ1n) is 7.43. The van der Waals surface area contributed by atoms with Crippen molar-refractivity contribution in [2.24, 2.45) is 0 Å². The Morgan fingerprint density at radius 3 is 2.32 bits per heavy atom. The van der Waals surface area contributed by atoms with Crippen LogP contribution >= 0.6 is 0 Å². The Morgan fingerprint density at radius 1 is 1.18 bits per heavy atom. The first-order valence-corrected chi connectivity index (χ1v) is 7.43. The molecule has 2 amide bonds. The fraction of sp³-hybridized carbons (Fsp3) is 0.438. The molecule has 22 heavy (non-hydrogen) atoms. The highest BCUT2D eigenvalue weighted by Crippen LogP contribution is 2.32. The van der Waals surface area contributed by atoms with E-state index in [1.165, 1.54) is 6.07 Å². The van der Waals surface area contributed by atoms with Crippen LogP contribution in [0.4, 0.5) is 0 Å². The van der Waals surface area contributed by atoms with Gasteiger partial charge in [0.05, 0.1) is 0 Å². The van der Waals surface area contributed by atoms with Crippen molar-refractivity contribution >= 4 is 17.8 Å². The van der Waals surface area contributed by atoms with Gasteiger partial charge in [-0.1, -0.05) is 13.0 Å². The van der Waals surface area contributed by atoms with Crippen molar-refractivity contribution in [3.63, 3.8) is 0 Å². The molecule has 118 valence electrons. The molecule has 1 aromatic carbocycles. The van der Waals surface area contributed by atoms with E-state index in [1.54, 1.807) is 18.2 Å². The maximum atomic E-state index is 12.2. The van der Waals surface area contributed by atoms with E-state index < -0.39 is 17.4 Å². The van der Waals surface area contributed by atoms with Crippen molar-refractivity contribution in [2.75, 3.05) is 6.54 Å². The zero-order chi connectivity index (χ0) is 16.2. The van der Waals surface area contributed by atoms with Gasteiger partial charge in [0.25, 0.3) is 11.8 Å². The molecule has 1 aromatic rings. The largest absolute Gasteiger partial charge is 0.480 e. The number of hydrogen-bond acceptors (Lipinski definition) is 3. The topological polar surface area (TPSA) is 95.5 Å². The monoisotopic (exact) mass is 304 g/mol. The first kappa shape index (κ1) is 16.0. The van der Waals surface area contributed by atoms with E-state index in [2.05, 4.69) is 10.6 Å². The van der Waals surface area contributed by atoms with Crippen LogP contribution in [0.25, 0.3) is 0 Å². The molecule has 0 heterocycles. The SMILES string of the molecule is CCCNC(=O)c1cccc(C(=O)NC2(C(=O)O)CCC2)c1. The van der Waals surface area contributed by atoms with Crippen LogP contribution in [0, 0.1) is 0 Å². The van der Waals surface area contributed by atoms with Gasteiger partial charge in [-0.3, -0.25) is 9.59 Å². The van der Waals surface area contributed by atoms with Crippen LogP contribution in [0.3, 0.4) is 0 Å². The third kappa shape index (κ3) is 3.27. The van der Waals surface area contributed by atoms with E-state index in [-0.39, 0.29) is 11.5 Å². The molecule has 0 aliphatic heterocycles. The first-order chi connectivity index (χ1) is 10.5. The molecule has 1 aliphatic carbocycles. The molecule has 2 rings (SSSR count). The number of nitrogens with one attached hydrogen (secondary N) is 2. The van der Waals surface area contributed by atoms with Crippen molar-refractivity contribution in [2.45, 2.75) is 38.1 Å². The maximum Gasteiger partial charge on any atom is 0.329 e. The minimum Gasteiger partial charge on any atom is -0.480 e. The lowest BCUT2D eigenvalue weighted by molar-refractivity contribution is -0.148. The summed E-state index contributed by atoms with van der Waals surface area (Å²) < 4.78 is 0. The fourth-order valence-corrected chi connectivity index (χ4v) is 2.35. The lowest BCUT2D eigenvalue weighted by Crippen LogP contribution is -2.59. The van der Waals surface area contributed by atoms with Gasteiger partial charge in [0, 0.05) is 17.7 Å². The summed E-state index contributed by atoms with van der Waals surface area (Å²) in [4.78, 5) is 35.4. The molecular formula is C16H20N2O4. The van der Waals surface area contributed by atoms with Crippen LogP contribution < -0.4 is 10.6 Å². The van der Waals surface area contributed by atoms with Gasteiger partial charge in [-0.2, -0.15) is 0 Å². The maximum absolute atomic E-state index is 12.2. The Kier molecular flexibility index (Phi) is 4.80. The number of carbonyl (C=O) groups excluding carboxylic acids is 2. The van der Waals surface area contributed by atoms with Crippen molar-refractivity contribution in [3.05, 3.63) is 35.4 Å². The van der Waals surface area contributed by atoms with Crippen LogP contribution in [0.15, 0.2) is 24.3 Å². The molecule has 1 fully saturated rings. The third-order valence-electron chi connectivity index (χ3n) is 3.89. The molecule has 6 heteroatoms. The van der Waals surface area contributed by atoms with Crippen LogP contribution in [0.5, 0.6) is 0 Å². The van der Waals surface area contributed by atoms with Gasteiger partial charge < -0.3 is 15.7 Å². The summed E-state index contributed by atoms with van der Waals surface area (Å²) in [6.07, 6.45) is 2.48. The molecule has 3 N–H and O–H groups in total. The average Bonchev–Trinajstić information content (AvgIpc) is 2.48. The molecule has 0 aromatic heterocycles. The molecular weight excluding hydrogens is 284 g/mol. The van der Waals surface area contributed by atoms with E-state index in [9.17, 15) is 19.5 Å². The second kappa shape index (κ2) is 6.60. The van der Waals surface area contributed by atoms with Crippen molar-refractivity contribution in [3.8, 4) is 0 Å². The highest BCUT2D eigenvalue weighted by atomic mass is 16.4. The second-order valence-corrected chi connectivity index (χ2v) is 5.53. The number of carbonyl (C=O) groups is 3. The lowest BCUT2D eigenvalue weighted by Gasteiger charge is -2.38. The molecule has 0 radical (unpaired) electrons. The summed E-state index contributed by atoms with van der Waals surface area (Å²) in [5.74, 6) is -1.72. The molecule has 0 saturated heterocycles. The predicted molar refractivity (Wildman–Crippen MR) is 80.8 cm³/mol. The number of carboxylic acid groups (broad SMARTS) is 1. The number of amides is 2.